The van der Waals surface area contributed by atoms with Gasteiger partial charge in [0.2, 0.25) is 0 Å². The Kier molecular flexibility index (Phi) is 5.69. The molecule has 0 heterocycles. The van der Waals surface area contributed by atoms with Crippen LogP contribution in [0.5, 0.6) is 5.75 Å². The number of benzene rings is 1. The van der Waals surface area contributed by atoms with E-state index in [1.165, 1.54) is 12.0 Å². The quantitative estimate of drug-likeness (QED) is 0.836. The Morgan fingerprint density at radius 3 is 2.90 bits per heavy atom. The molecule has 1 aromatic rings. The van der Waals surface area contributed by atoms with Crippen LogP contribution in [0.4, 0.5) is 0 Å². The van der Waals surface area contributed by atoms with Crippen molar-refractivity contribution in [3.63, 3.8) is 0 Å². The van der Waals surface area contributed by atoms with Crippen LogP contribution in [-0.4, -0.2) is 24.4 Å². The molecule has 0 aliphatic heterocycles. The predicted octanol–water partition coefficient (Wildman–Crippen LogP) is 4.05. The fourth-order valence-electron chi connectivity index (χ4n) is 3.21. The minimum absolute atomic E-state index is 0.202. The topological polar surface area (TPSA) is 41.5 Å². The molecule has 1 aliphatic rings. The summed E-state index contributed by atoms with van der Waals surface area (Å²) in [7, 11) is 1.67. The molecule has 2 rings (SSSR count). The summed E-state index contributed by atoms with van der Waals surface area (Å²) < 4.78 is 6.21. The second kappa shape index (κ2) is 7.12. The highest BCUT2D eigenvalue weighted by molar-refractivity contribution is 9.10. The highest BCUT2D eigenvalue weighted by Crippen LogP contribution is 2.32. The van der Waals surface area contributed by atoms with E-state index in [2.05, 4.69) is 47.2 Å². The SMILES string of the molecule is COc1ccc(C(C)NCC2(O)CCCC(C)C2)cc1Br. The van der Waals surface area contributed by atoms with E-state index in [4.69, 9.17) is 4.74 Å². The van der Waals surface area contributed by atoms with Gasteiger partial charge in [-0.15, -0.1) is 0 Å². The lowest BCUT2D eigenvalue weighted by Gasteiger charge is -2.36. The highest BCUT2D eigenvalue weighted by Gasteiger charge is 2.32. The lowest BCUT2D eigenvalue weighted by Crippen LogP contribution is -2.44. The first-order chi connectivity index (χ1) is 9.93. The second-order valence-corrected chi connectivity index (χ2v) is 7.28. The third-order valence-corrected chi connectivity index (χ3v) is 5.10. The van der Waals surface area contributed by atoms with Crippen LogP contribution in [-0.2, 0) is 0 Å². The fourth-order valence-corrected chi connectivity index (χ4v) is 3.76. The minimum Gasteiger partial charge on any atom is -0.496 e. The third kappa shape index (κ3) is 4.44. The lowest BCUT2D eigenvalue weighted by atomic mass is 9.79. The molecule has 0 saturated heterocycles. The maximum atomic E-state index is 10.7. The van der Waals surface area contributed by atoms with Gasteiger partial charge in [0.15, 0.2) is 0 Å². The van der Waals surface area contributed by atoms with Crippen molar-refractivity contribution in [1.29, 1.82) is 0 Å². The number of hydrogen-bond acceptors (Lipinski definition) is 3. The third-order valence-electron chi connectivity index (χ3n) is 4.48. The van der Waals surface area contributed by atoms with Gasteiger partial charge in [0.1, 0.15) is 5.75 Å². The molecule has 0 amide bonds. The van der Waals surface area contributed by atoms with Crippen LogP contribution in [0.2, 0.25) is 0 Å². The Bertz CT molecular complexity index is 480. The molecule has 1 fully saturated rings. The zero-order valence-corrected chi connectivity index (χ0v) is 14.7. The average molecular weight is 356 g/mol. The van der Waals surface area contributed by atoms with Gasteiger partial charge in [0.25, 0.3) is 0 Å². The maximum Gasteiger partial charge on any atom is 0.133 e. The van der Waals surface area contributed by atoms with E-state index in [0.29, 0.717) is 12.5 Å². The molecule has 1 aromatic carbocycles. The molecule has 1 aliphatic carbocycles. The zero-order chi connectivity index (χ0) is 15.5. The normalized spacial score (nSPS) is 27.4. The molecule has 21 heavy (non-hydrogen) atoms. The summed E-state index contributed by atoms with van der Waals surface area (Å²) in [5.41, 5.74) is 0.644. The van der Waals surface area contributed by atoms with E-state index in [1.54, 1.807) is 7.11 Å². The van der Waals surface area contributed by atoms with Gasteiger partial charge in [-0.1, -0.05) is 25.8 Å². The molecule has 2 N–H and O–H groups in total. The van der Waals surface area contributed by atoms with Crippen LogP contribution >= 0.6 is 15.9 Å². The summed E-state index contributed by atoms with van der Waals surface area (Å²) in [5, 5.41) is 14.2. The number of methoxy groups -OCH3 is 1. The first kappa shape index (κ1) is 16.8. The van der Waals surface area contributed by atoms with E-state index in [0.717, 1.165) is 29.5 Å². The van der Waals surface area contributed by atoms with E-state index >= 15 is 0 Å². The van der Waals surface area contributed by atoms with Gasteiger partial charge < -0.3 is 15.2 Å². The van der Waals surface area contributed by atoms with Crippen molar-refractivity contribution in [2.24, 2.45) is 5.92 Å². The summed E-state index contributed by atoms with van der Waals surface area (Å²) in [6.45, 7) is 5.01. The number of rotatable bonds is 5. The van der Waals surface area contributed by atoms with Gasteiger partial charge in [-0.25, -0.2) is 0 Å². The molecule has 0 aromatic heterocycles. The Balaban J connectivity index is 1.95. The molecule has 1 saturated carbocycles. The van der Waals surface area contributed by atoms with Crippen molar-refractivity contribution in [1.82, 2.24) is 5.32 Å². The molecule has 0 radical (unpaired) electrons. The number of hydrogen-bond donors (Lipinski definition) is 2. The molecule has 4 heteroatoms. The standard InChI is InChI=1S/C17H26BrNO2/c1-12-5-4-8-17(20,10-12)11-19-13(2)14-6-7-16(21-3)15(18)9-14/h6-7,9,12-13,19-20H,4-5,8,10-11H2,1-3H3. The van der Waals surface area contributed by atoms with Crippen molar-refractivity contribution in [3.8, 4) is 5.75 Å². The molecule has 0 spiro atoms. The Morgan fingerprint density at radius 1 is 1.52 bits per heavy atom. The molecule has 118 valence electrons. The minimum atomic E-state index is -0.546. The van der Waals surface area contributed by atoms with Crippen molar-refractivity contribution in [3.05, 3.63) is 28.2 Å². The molecule has 3 atom stereocenters. The summed E-state index contributed by atoms with van der Waals surface area (Å²) in [5.74, 6) is 1.46. The highest BCUT2D eigenvalue weighted by atomic mass is 79.9. The first-order valence-electron chi connectivity index (χ1n) is 7.73. The van der Waals surface area contributed by atoms with E-state index in [1.807, 2.05) is 6.07 Å². The van der Waals surface area contributed by atoms with Gasteiger partial charge in [-0.3, -0.25) is 0 Å². The van der Waals surface area contributed by atoms with Gasteiger partial charge in [-0.05, 0) is 59.3 Å². The zero-order valence-electron chi connectivity index (χ0n) is 13.2. The van der Waals surface area contributed by atoms with Crippen molar-refractivity contribution in [2.75, 3.05) is 13.7 Å². The van der Waals surface area contributed by atoms with Crippen LogP contribution in [0.1, 0.15) is 51.1 Å². The molecule has 3 nitrogen and oxygen atoms in total. The maximum absolute atomic E-state index is 10.7. The first-order valence-corrected chi connectivity index (χ1v) is 8.52. The Labute approximate surface area is 136 Å². The molecule has 3 unspecified atom stereocenters. The fraction of sp³-hybridized carbons (Fsp3) is 0.647. The van der Waals surface area contributed by atoms with Crippen molar-refractivity contribution < 1.29 is 9.84 Å². The van der Waals surface area contributed by atoms with Gasteiger partial charge in [-0.2, -0.15) is 0 Å². The number of ether oxygens (including phenoxy) is 1. The van der Waals surface area contributed by atoms with Crippen LogP contribution in [0, 0.1) is 5.92 Å². The summed E-state index contributed by atoms with van der Waals surface area (Å²) >= 11 is 3.52. The van der Waals surface area contributed by atoms with Crippen LogP contribution < -0.4 is 10.1 Å². The van der Waals surface area contributed by atoms with Crippen molar-refractivity contribution >= 4 is 15.9 Å². The smallest absolute Gasteiger partial charge is 0.133 e. The largest absolute Gasteiger partial charge is 0.496 e. The molecular weight excluding hydrogens is 330 g/mol. The molecular formula is C17H26BrNO2. The predicted molar refractivity (Wildman–Crippen MR) is 89.7 cm³/mol. The number of nitrogens with one attached hydrogen (secondary N) is 1. The van der Waals surface area contributed by atoms with Crippen molar-refractivity contribution in [2.45, 2.75) is 51.2 Å². The second-order valence-electron chi connectivity index (χ2n) is 6.42. The Morgan fingerprint density at radius 2 is 2.29 bits per heavy atom. The van der Waals surface area contributed by atoms with Crippen LogP contribution in [0.15, 0.2) is 22.7 Å². The van der Waals surface area contributed by atoms with Gasteiger partial charge in [0.05, 0.1) is 17.2 Å². The lowest BCUT2D eigenvalue weighted by molar-refractivity contribution is -0.0134. The van der Waals surface area contributed by atoms with E-state index < -0.39 is 5.60 Å². The van der Waals surface area contributed by atoms with E-state index in [9.17, 15) is 5.11 Å². The Hall–Kier alpha value is -0.580. The monoisotopic (exact) mass is 355 g/mol. The number of halogens is 1. The van der Waals surface area contributed by atoms with Crippen LogP contribution in [0.3, 0.4) is 0 Å². The summed E-state index contributed by atoms with van der Waals surface area (Å²) in [6.07, 6.45) is 4.17. The molecule has 0 bridgehead atoms. The van der Waals surface area contributed by atoms with Gasteiger partial charge in [0, 0.05) is 12.6 Å². The van der Waals surface area contributed by atoms with Gasteiger partial charge >= 0.3 is 0 Å². The van der Waals surface area contributed by atoms with E-state index in [-0.39, 0.29) is 6.04 Å². The summed E-state index contributed by atoms with van der Waals surface area (Å²) in [4.78, 5) is 0. The van der Waals surface area contributed by atoms with Crippen LogP contribution in [0.25, 0.3) is 0 Å². The summed E-state index contributed by atoms with van der Waals surface area (Å²) in [6, 6.07) is 6.31. The number of aliphatic hydroxyl groups is 1. The average Bonchev–Trinajstić information content (AvgIpc) is 2.44.